The molecular weight excluding hydrogens is 362 g/mol. The van der Waals surface area contributed by atoms with Gasteiger partial charge in [-0.25, -0.2) is 4.79 Å². The van der Waals surface area contributed by atoms with Gasteiger partial charge in [0.25, 0.3) is 11.6 Å². The van der Waals surface area contributed by atoms with Gasteiger partial charge >= 0.3 is 5.97 Å². The number of nitrogens with zero attached hydrogens (tertiary/aromatic N) is 2. The van der Waals surface area contributed by atoms with Crippen molar-refractivity contribution >= 4 is 29.5 Å². The monoisotopic (exact) mass is 381 g/mol. The molecule has 3 rings (SSSR count). The van der Waals surface area contributed by atoms with Gasteiger partial charge in [0.1, 0.15) is 18.0 Å². The Morgan fingerprint density at radius 1 is 1.31 bits per heavy atom. The van der Waals surface area contributed by atoms with Crippen molar-refractivity contribution in [2.75, 3.05) is 7.11 Å². The quantitative estimate of drug-likeness (QED) is 0.519. The fraction of sp³-hybridized carbons (Fsp3) is 0.500. The highest BCUT2D eigenvalue weighted by Crippen LogP contribution is 2.55. The third kappa shape index (κ3) is 2.69. The summed E-state index contributed by atoms with van der Waals surface area (Å²) in [6.07, 6.45) is 2.92. The van der Waals surface area contributed by atoms with E-state index in [1.54, 1.807) is 13.8 Å². The second kappa shape index (κ2) is 6.13. The molecule has 10 heteroatoms. The Labute approximate surface area is 153 Å². The SMILES string of the molecule is CO[C@]1(NC(=O)Cn2ccc(=O)cc2)C(=O)N2[C@@H](C(=O)O)C(C)(C)S[C@@H]21. The van der Waals surface area contributed by atoms with Crippen LogP contribution in [0.3, 0.4) is 0 Å². The van der Waals surface area contributed by atoms with Gasteiger partial charge in [-0.1, -0.05) is 0 Å². The highest BCUT2D eigenvalue weighted by Gasteiger charge is 2.73. The van der Waals surface area contributed by atoms with Crippen LogP contribution in [-0.2, 0) is 25.7 Å². The van der Waals surface area contributed by atoms with E-state index in [0.29, 0.717) is 0 Å². The minimum Gasteiger partial charge on any atom is -0.480 e. The van der Waals surface area contributed by atoms with E-state index in [2.05, 4.69) is 5.32 Å². The molecule has 0 spiro atoms. The van der Waals surface area contributed by atoms with Gasteiger partial charge in [-0.15, -0.1) is 11.8 Å². The van der Waals surface area contributed by atoms with Crippen molar-refractivity contribution in [3.63, 3.8) is 0 Å². The molecule has 2 aliphatic heterocycles. The fourth-order valence-corrected chi connectivity index (χ4v) is 5.02. The minimum atomic E-state index is -1.59. The predicted octanol–water partition coefficient (Wildman–Crippen LogP) is -0.546. The van der Waals surface area contributed by atoms with Crippen LogP contribution in [0.2, 0.25) is 0 Å². The highest BCUT2D eigenvalue weighted by molar-refractivity contribution is 8.01. The zero-order valence-corrected chi connectivity index (χ0v) is 15.3. The molecule has 0 aromatic carbocycles. The summed E-state index contributed by atoms with van der Waals surface area (Å²) in [6, 6.07) is 1.65. The Kier molecular flexibility index (Phi) is 4.35. The molecule has 0 aliphatic carbocycles. The van der Waals surface area contributed by atoms with Crippen LogP contribution in [0, 0.1) is 0 Å². The highest BCUT2D eigenvalue weighted by atomic mass is 32.2. The van der Waals surface area contributed by atoms with Crippen molar-refractivity contribution in [3.8, 4) is 0 Å². The molecule has 26 heavy (non-hydrogen) atoms. The van der Waals surface area contributed by atoms with Gasteiger partial charge in [0.15, 0.2) is 5.43 Å². The summed E-state index contributed by atoms with van der Waals surface area (Å²) in [5.74, 6) is -2.16. The van der Waals surface area contributed by atoms with Gasteiger partial charge in [0.05, 0.1) is 0 Å². The number of rotatable bonds is 5. The summed E-state index contributed by atoms with van der Waals surface area (Å²) >= 11 is 1.28. The Morgan fingerprint density at radius 2 is 1.92 bits per heavy atom. The smallest absolute Gasteiger partial charge is 0.327 e. The van der Waals surface area contributed by atoms with E-state index in [0.717, 1.165) is 0 Å². The van der Waals surface area contributed by atoms with Crippen LogP contribution in [-0.4, -0.2) is 61.4 Å². The third-order valence-corrected chi connectivity index (χ3v) is 6.19. The van der Waals surface area contributed by atoms with Crippen LogP contribution in [0.1, 0.15) is 13.8 Å². The average molecular weight is 381 g/mol. The van der Waals surface area contributed by atoms with Gasteiger partial charge in [-0.2, -0.15) is 0 Å². The van der Waals surface area contributed by atoms with E-state index in [9.17, 15) is 24.3 Å². The number of methoxy groups -OCH3 is 1. The lowest BCUT2D eigenvalue weighted by Gasteiger charge is -2.51. The van der Waals surface area contributed by atoms with Crippen LogP contribution < -0.4 is 10.7 Å². The largest absolute Gasteiger partial charge is 0.480 e. The second-order valence-electron chi connectivity index (χ2n) is 6.72. The lowest BCUT2D eigenvalue weighted by Crippen LogP contribution is -2.80. The number of fused-ring (bicyclic) bond motifs is 1. The molecule has 140 valence electrons. The van der Waals surface area contributed by atoms with Crippen molar-refractivity contribution in [2.45, 2.75) is 42.3 Å². The first kappa shape index (κ1) is 18.5. The summed E-state index contributed by atoms with van der Waals surface area (Å²) in [7, 11) is 1.30. The summed E-state index contributed by atoms with van der Waals surface area (Å²) < 4.78 is 6.12. The van der Waals surface area contributed by atoms with Crippen molar-refractivity contribution in [2.24, 2.45) is 0 Å². The number of hydrogen-bond donors (Lipinski definition) is 2. The second-order valence-corrected chi connectivity index (χ2v) is 8.46. The number of carboxylic acids is 1. The Morgan fingerprint density at radius 3 is 2.46 bits per heavy atom. The molecule has 3 atom stereocenters. The summed E-state index contributed by atoms with van der Waals surface area (Å²) in [5, 5.41) is 11.4. The maximum Gasteiger partial charge on any atom is 0.327 e. The van der Waals surface area contributed by atoms with E-state index in [1.807, 2.05) is 0 Å². The number of carbonyl (C=O) groups is 3. The summed E-state index contributed by atoms with van der Waals surface area (Å²) in [6.45, 7) is 3.37. The number of hydrogen-bond acceptors (Lipinski definition) is 6. The van der Waals surface area contributed by atoms with Gasteiger partial charge in [0.2, 0.25) is 5.91 Å². The molecule has 2 fully saturated rings. The number of aromatic nitrogens is 1. The molecule has 2 amide bonds. The van der Waals surface area contributed by atoms with E-state index >= 15 is 0 Å². The van der Waals surface area contributed by atoms with Gasteiger partial charge < -0.3 is 24.6 Å². The molecule has 0 bridgehead atoms. The number of β-lactam (4-membered cyclic amide) rings is 1. The maximum absolute atomic E-state index is 12.7. The topological polar surface area (TPSA) is 118 Å². The van der Waals surface area contributed by atoms with Gasteiger partial charge in [-0.05, 0) is 13.8 Å². The Hall–Kier alpha value is -2.33. The van der Waals surface area contributed by atoms with Crippen LogP contribution in [0.15, 0.2) is 29.3 Å². The lowest BCUT2D eigenvalue weighted by atomic mass is 9.93. The average Bonchev–Trinajstić information content (AvgIpc) is 2.84. The summed E-state index contributed by atoms with van der Waals surface area (Å²) in [5.41, 5.74) is -1.77. The normalized spacial score (nSPS) is 29.0. The number of carboxylic acid groups (broad SMARTS) is 1. The molecule has 1 aromatic heterocycles. The molecule has 0 unspecified atom stereocenters. The molecule has 1 aromatic rings. The fourth-order valence-electron chi connectivity index (χ4n) is 3.35. The van der Waals surface area contributed by atoms with Crippen molar-refractivity contribution in [1.82, 2.24) is 14.8 Å². The zero-order chi connectivity index (χ0) is 19.3. The number of nitrogens with one attached hydrogen (secondary N) is 1. The Bertz CT molecular complexity index is 817. The summed E-state index contributed by atoms with van der Waals surface area (Å²) in [4.78, 5) is 49.0. The Balaban J connectivity index is 1.79. The molecule has 0 saturated carbocycles. The molecule has 3 heterocycles. The van der Waals surface area contributed by atoms with Crippen LogP contribution in [0.5, 0.6) is 0 Å². The van der Waals surface area contributed by atoms with Crippen molar-refractivity contribution < 1.29 is 24.2 Å². The number of carbonyl (C=O) groups excluding carboxylic acids is 2. The molecular formula is C16H19N3O6S. The van der Waals surface area contributed by atoms with Crippen LogP contribution in [0.4, 0.5) is 0 Å². The number of thioether (sulfide) groups is 1. The standard InChI is InChI=1S/C16H19N3O6S/c1-15(2)11(12(22)23)19-13(24)16(25-3,14(19)26-15)17-10(21)8-18-6-4-9(20)5-7-18/h4-7,11,14H,8H2,1-3H3,(H,17,21)(H,22,23)/t11-,14+,16+/m0/s1. The number of ether oxygens (including phenoxy) is 1. The molecule has 2 N–H and O–H groups in total. The van der Waals surface area contributed by atoms with E-state index in [1.165, 1.54) is 52.9 Å². The van der Waals surface area contributed by atoms with E-state index < -0.39 is 39.7 Å². The first-order valence-corrected chi connectivity index (χ1v) is 8.76. The molecule has 0 radical (unpaired) electrons. The molecule has 2 aliphatic rings. The van der Waals surface area contributed by atoms with Gasteiger partial charge in [-0.3, -0.25) is 14.4 Å². The number of pyridine rings is 1. The molecule has 9 nitrogen and oxygen atoms in total. The van der Waals surface area contributed by atoms with E-state index in [-0.39, 0.29) is 12.0 Å². The minimum absolute atomic E-state index is 0.109. The number of aliphatic carboxylic acids is 1. The van der Waals surface area contributed by atoms with Crippen LogP contribution >= 0.6 is 11.8 Å². The maximum atomic E-state index is 12.7. The lowest BCUT2D eigenvalue weighted by molar-refractivity contribution is -0.201. The van der Waals surface area contributed by atoms with Crippen LogP contribution in [0.25, 0.3) is 0 Å². The number of amides is 2. The predicted molar refractivity (Wildman–Crippen MR) is 92.3 cm³/mol. The first-order valence-electron chi connectivity index (χ1n) is 7.88. The zero-order valence-electron chi connectivity index (χ0n) is 14.5. The van der Waals surface area contributed by atoms with Crippen molar-refractivity contribution in [1.29, 1.82) is 0 Å². The third-order valence-electron chi connectivity index (χ3n) is 4.57. The molecule has 2 saturated heterocycles. The first-order chi connectivity index (χ1) is 12.1. The van der Waals surface area contributed by atoms with Crippen molar-refractivity contribution in [3.05, 3.63) is 34.7 Å². The van der Waals surface area contributed by atoms with E-state index in [4.69, 9.17) is 4.74 Å². The van der Waals surface area contributed by atoms with Gasteiger partial charge in [0, 0.05) is 36.4 Å².